The molecule has 1 aliphatic carbocycles. The molecule has 1 atom stereocenters. The van der Waals surface area contributed by atoms with Crippen LogP contribution in [0.15, 0.2) is 42.5 Å². The molecule has 0 radical (unpaired) electrons. The van der Waals surface area contributed by atoms with Gasteiger partial charge in [-0.15, -0.1) is 0 Å². The van der Waals surface area contributed by atoms with E-state index in [0.29, 0.717) is 0 Å². The summed E-state index contributed by atoms with van der Waals surface area (Å²) in [6, 6.07) is 14.3. The van der Waals surface area contributed by atoms with E-state index in [1.165, 1.54) is 23.6 Å². The summed E-state index contributed by atoms with van der Waals surface area (Å²) >= 11 is 6.42. The number of esters is 1. The highest BCUT2D eigenvalue weighted by molar-refractivity contribution is 6.33. The van der Waals surface area contributed by atoms with Gasteiger partial charge in [-0.05, 0) is 36.1 Å². The SMILES string of the molecule is COC(=O)CNC1CCc2c(-c3ccccc3Cl)[nH]c3cccc1c23. The van der Waals surface area contributed by atoms with Gasteiger partial charge >= 0.3 is 5.97 Å². The van der Waals surface area contributed by atoms with Gasteiger partial charge in [0.15, 0.2) is 0 Å². The van der Waals surface area contributed by atoms with E-state index in [1.807, 2.05) is 30.3 Å². The Hall–Kier alpha value is -2.30. The molecule has 2 N–H and O–H groups in total. The average molecular weight is 355 g/mol. The van der Waals surface area contributed by atoms with Gasteiger partial charge in [0.25, 0.3) is 0 Å². The highest BCUT2D eigenvalue weighted by Gasteiger charge is 2.26. The summed E-state index contributed by atoms with van der Waals surface area (Å²) in [5, 5.41) is 5.31. The van der Waals surface area contributed by atoms with Gasteiger partial charge in [0.05, 0.1) is 19.3 Å². The standard InChI is InChI=1S/C20H19ClN2O2/c1-25-18(24)11-22-16-10-9-14-19-13(16)6-4-8-17(19)23-20(14)12-5-2-3-7-15(12)21/h2-8,16,22-23H,9-11H2,1H3. The maximum absolute atomic E-state index is 11.5. The summed E-state index contributed by atoms with van der Waals surface area (Å²) in [5.41, 5.74) is 5.75. The lowest BCUT2D eigenvalue weighted by Gasteiger charge is -2.24. The zero-order valence-electron chi connectivity index (χ0n) is 13.9. The number of carbonyl (C=O) groups is 1. The van der Waals surface area contributed by atoms with Crippen LogP contribution in [0, 0.1) is 0 Å². The van der Waals surface area contributed by atoms with Gasteiger partial charge in [0.1, 0.15) is 0 Å². The molecule has 4 nitrogen and oxygen atoms in total. The lowest BCUT2D eigenvalue weighted by molar-refractivity contribution is -0.139. The summed E-state index contributed by atoms with van der Waals surface area (Å²) < 4.78 is 4.74. The second-order valence-electron chi connectivity index (χ2n) is 6.28. The number of hydrogen-bond donors (Lipinski definition) is 2. The second kappa shape index (κ2) is 6.54. The van der Waals surface area contributed by atoms with Crippen LogP contribution in [0.1, 0.15) is 23.6 Å². The molecule has 0 aliphatic heterocycles. The fraction of sp³-hybridized carbons (Fsp3) is 0.250. The molecule has 0 saturated heterocycles. The fourth-order valence-electron chi connectivity index (χ4n) is 3.72. The smallest absolute Gasteiger partial charge is 0.319 e. The Balaban J connectivity index is 1.79. The summed E-state index contributed by atoms with van der Waals surface area (Å²) in [7, 11) is 1.41. The number of aromatic amines is 1. The summed E-state index contributed by atoms with van der Waals surface area (Å²) in [6.07, 6.45) is 1.86. The van der Waals surface area contributed by atoms with Gasteiger partial charge in [-0.1, -0.05) is 41.9 Å². The third kappa shape index (κ3) is 2.81. The first-order valence-corrected chi connectivity index (χ1v) is 8.75. The normalized spacial score (nSPS) is 16.2. The van der Waals surface area contributed by atoms with E-state index >= 15 is 0 Å². The number of H-pyrrole nitrogens is 1. The number of hydrogen-bond acceptors (Lipinski definition) is 3. The van der Waals surface area contributed by atoms with E-state index in [2.05, 4.69) is 22.4 Å². The number of benzene rings is 2. The largest absolute Gasteiger partial charge is 0.468 e. The van der Waals surface area contributed by atoms with E-state index in [0.717, 1.165) is 34.6 Å². The number of ether oxygens (including phenoxy) is 1. The van der Waals surface area contributed by atoms with Gasteiger partial charge in [-0.2, -0.15) is 0 Å². The van der Waals surface area contributed by atoms with Crippen LogP contribution < -0.4 is 5.32 Å². The number of methoxy groups -OCH3 is 1. The molecule has 2 aromatic carbocycles. The Morgan fingerprint density at radius 2 is 2.12 bits per heavy atom. The molecule has 5 heteroatoms. The number of aryl methyl sites for hydroxylation is 1. The van der Waals surface area contributed by atoms with Gasteiger partial charge in [0, 0.05) is 27.5 Å². The van der Waals surface area contributed by atoms with Crippen molar-refractivity contribution in [1.82, 2.24) is 10.3 Å². The van der Waals surface area contributed by atoms with Crippen LogP contribution in [-0.4, -0.2) is 24.6 Å². The van der Waals surface area contributed by atoms with E-state index < -0.39 is 0 Å². The van der Waals surface area contributed by atoms with Gasteiger partial charge in [0.2, 0.25) is 0 Å². The van der Waals surface area contributed by atoms with Gasteiger partial charge in [-0.3, -0.25) is 4.79 Å². The van der Waals surface area contributed by atoms with Crippen molar-refractivity contribution in [2.24, 2.45) is 0 Å². The van der Waals surface area contributed by atoms with Crippen molar-refractivity contribution in [1.29, 1.82) is 0 Å². The van der Waals surface area contributed by atoms with Crippen LogP contribution in [0.25, 0.3) is 22.2 Å². The zero-order valence-corrected chi connectivity index (χ0v) is 14.7. The monoisotopic (exact) mass is 354 g/mol. The predicted octanol–water partition coefficient (Wildman–Crippen LogP) is 4.24. The van der Waals surface area contributed by atoms with Crippen LogP contribution in [0.5, 0.6) is 0 Å². The van der Waals surface area contributed by atoms with Crippen molar-refractivity contribution in [2.75, 3.05) is 13.7 Å². The molecule has 1 aromatic heterocycles. The van der Waals surface area contributed by atoms with Crippen molar-refractivity contribution >= 4 is 28.5 Å². The van der Waals surface area contributed by atoms with Crippen molar-refractivity contribution in [2.45, 2.75) is 18.9 Å². The number of carbonyl (C=O) groups excluding carboxylic acids is 1. The fourth-order valence-corrected chi connectivity index (χ4v) is 3.95. The minimum atomic E-state index is -0.246. The van der Waals surface area contributed by atoms with Crippen molar-refractivity contribution in [3.05, 3.63) is 58.6 Å². The number of aromatic nitrogens is 1. The Bertz CT molecular complexity index is 948. The highest BCUT2D eigenvalue weighted by atomic mass is 35.5. The van der Waals surface area contributed by atoms with Crippen LogP contribution in [0.2, 0.25) is 5.02 Å². The van der Waals surface area contributed by atoms with Gasteiger partial charge < -0.3 is 15.0 Å². The first kappa shape index (κ1) is 16.2. The van der Waals surface area contributed by atoms with E-state index in [9.17, 15) is 4.79 Å². The molecule has 0 amide bonds. The minimum Gasteiger partial charge on any atom is -0.468 e. The average Bonchev–Trinajstić information content (AvgIpc) is 3.01. The Kier molecular flexibility index (Phi) is 4.24. The molecule has 4 rings (SSSR count). The molecule has 0 fully saturated rings. The first-order valence-electron chi connectivity index (χ1n) is 8.37. The molecule has 1 unspecified atom stereocenters. The maximum Gasteiger partial charge on any atom is 0.319 e. The van der Waals surface area contributed by atoms with Crippen molar-refractivity contribution in [3.63, 3.8) is 0 Å². The maximum atomic E-state index is 11.5. The predicted molar refractivity (Wildman–Crippen MR) is 99.8 cm³/mol. The molecule has 128 valence electrons. The Morgan fingerprint density at radius 1 is 1.28 bits per heavy atom. The third-order valence-electron chi connectivity index (χ3n) is 4.88. The molecule has 0 saturated carbocycles. The minimum absolute atomic E-state index is 0.144. The molecule has 1 aliphatic rings. The van der Waals surface area contributed by atoms with E-state index in [1.54, 1.807) is 0 Å². The van der Waals surface area contributed by atoms with Gasteiger partial charge in [-0.25, -0.2) is 0 Å². The number of nitrogens with one attached hydrogen (secondary N) is 2. The quantitative estimate of drug-likeness (QED) is 0.689. The Morgan fingerprint density at radius 3 is 2.92 bits per heavy atom. The molecular weight excluding hydrogens is 336 g/mol. The van der Waals surface area contributed by atoms with Crippen LogP contribution in [-0.2, 0) is 16.0 Å². The topological polar surface area (TPSA) is 54.1 Å². The molecule has 25 heavy (non-hydrogen) atoms. The first-order chi connectivity index (χ1) is 12.2. The second-order valence-corrected chi connectivity index (χ2v) is 6.68. The van der Waals surface area contributed by atoms with Crippen LogP contribution in [0.3, 0.4) is 0 Å². The molecule has 0 spiro atoms. The van der Waals surface area contributed by atoms with E-state index in [4.69, 9.17) is 16.3 Å². The molecule has 1 heterocycles. The lowest BCUT2D eigenvalue weighted by atomic mass is 9.87. The highest BCUT2D eigenvalue weighted by Crippen LogP contribution is 2.41. The van der Waals surface area contributed by atoms with Crippen LogP contribution in [0.4, 0.5) is 0 Å². The zero-order chi connectivity index (χ0) is 17.4. The number of rotatable bonds is 4. The number of halogens is 1. The van der Waals surface area contributed by atoms with E-state index in [-0.39, 0.29) is 18.6 Å². The molecule has 0 bridgehead atoms. The van der Waals surface area contributed by atoms with Crippen LogP contribution >= 0.6 is 11.6 Å². The molecular formula is C20H19ClN2O2. The molecule has 3 aromatic rings. The lowest BCUT2D eigenvalue weighted by Crippen LogP contribution is -2.30. The third-order valence-corrected chi connectivity index (χ3v) is 5.21. The summed E-state index contributed by atoms with van der Waals surface area (Å²) in [5.74, 6) is -0.246. The Labute approximate surface area is 151 Å². The van der Waals surface area contributed by atoms with Crippen molar-refractivity contribution < 1.29 is 9.53 Å². The van der Waals surface area contributed by atoms with Crippen molar-refractivity contribution in [3.8, 4) is 11.3 Å². The summed E-state index contributed by atoms with van der Waals surface area (Å²) in [6.45, 7) is 0.217. The summed E-state index contributed by atoms with van der Waals surface area (Å²) in [4.78, 5) is 15.0.